The number of para-hydroxylation sites is 1. The van der Waals surface area contributed by atoms with Crippen molar-refractivity contribution >= 4 is 15.7 Å². The van der Waals surface area contributed by atoms with Gasteiger partial charge in [-0.2, -0.15) is 9.11 Å². The number of halogens is 1. The van der Waals surface area contributed by atoms with Crippen LogP contribution in [0.5, 0.6) is 0 Å². The van der Waals surface area contributed by atoms with E-state index < -0.39 is 36.9 Å². The second-order valence-electron chi connectivity index (χ2n) is 4.22. The molecule has 6 nitrogen and oxygen atoms in total. The van der Waals surface area contributed by atoms with Gasteiger partial charge >= 0.3 is 5.69 Å². The van der Waals surface area contributed by atoms with E-state index in [-0.39, 0.29) is 0 Å². The zero-order chi connectivity index (χ0) is 14.8. The van der Waals surface area contributed by atoms with Crippen LogP contribution >= 0.6 is 0 Å². The summed E-state index contributed by atoms with van der Waals surface area (Å²) in [5.41, 5.74) is -2.36. The third-order valence-corrected chi connectivity index (χ3v) is 3.86. The molecule has 0 aromatic heterocycles. The SMILES string of the molecule is C#CC(C)(C)NS(=O)(=O)c1cccc(F)c1[N+](=O)[O-]. The third kappa shape index (κ3) is 3.27. The number of hydrogen-bond donors (Lipinski definition) is 1. The molecule has 0 saturated heterocycles. The van der Waals surface area contributed by atoms with Crippen LogP contribution in [0.15, 0.2) is 23.1 Å². The normalized spacial score (nSPS) is 11.9. The molecule has 1 N–H and O–H groups in total. The van der Waals surface area contributed by atoms with E-state index in [0.717, 1.165) is 18.2 Å². The van der Waals surface area contributed by atoms with Gasteiger partial charge in [-0.3, -0.25) is 10.1 Å². The summed E-state index contributed by atoms with van der Waals surface area (Å²) in [4.78, 5) is 8.90. The van der Waals surface area contributed by atoms with Gasteiger partial charge in [-0.15, -0.1) is 6.42 Å². The molecule has 0 aliphatic carbocycles. The highest BCUT2D eigenvalue weighted by atomic mass is 32.2. The van der Waals surface area contributed by atoms with Gasteiger partial charge < -0.3 is 0 Å². The summed E-state index contributed by atoms with van der Waals surface area (Å²) in [7, 11) is -4.30. The molecule has 0 heterocycles. The van der Waals surface area contributed by atoms with Crippen molar-refractivity contribution in [3.8, 4) is 12.3 Å². The molecule has 0 aliphatic rings. The molecule has 8 heteroatoms. The highest BCUT2D eigenvalue weighted by Crippen LogP contribution is 2.27. The van der Waals surface area contributed by atoms with Crippen LogP contribution in [0, 0.1) is 28.3 Å². The standard InChI is InChI=1S/C11H11FN2O4S/c1-4-11(2,3)13-19(17,18)9-7-5-6-8(12)10(9)14(15)16/h1,5-7,13H,2-3H3. The molecular formula is C11H11FN2O4S. The Kier molecular flexibility index (Phi) is 3.93. The molecule has 1 aromatic carbocycles. The second kappa shape index (κ2) is 4.95. The molecule has 1 rings (SSSR count). The number of nitrogens with one attached hydrogen (secondary N) is 1. The van der Waals surface area contributed by atoms with E-state index in [2.05, 4.69) is 10.6 Å². The Morgan fingerprint density at radius 3 is 2.53 bits per heavy atom. The highest BCUT2D eigenvalue weighted by molar-refractivity contribution is 7.89. The molecule has 0 radical (unpaired) electrons. The number of nitrogens with zero attached hydrogens (tertiary/aromatic N) is 1. The first-order chi connectivity index (χ1) is 8.60. The number of benzene rings is 1. The summed E-state index contributed by atoms with van der Waals surface area (Å²) in [6.07, 6.45) is 5.13. The lowest BCUT2D eigenvalue weighted by Gasteiger charge is -2.19. The van der Waals surface area contributed by atoms with Gasteiger partial charge in [0.2, 0.25) is 15.8 Å². The summed E-state index contributed by atoms with van der Waals surface area (Å²) in [6.45, 7) is 2.80. The van der Waals surface area contributed by atoms with Crippen molar-refractivity contribution in [2.75, 3.05) is 0 Å². The quantitative estimate of drug-likeness (QED) is 0.515. The molecule has 0 amide bonds. The minimum atomic E-state index is -4.30. The number of terminal acetylenes is 1. The Morgan fingerprint density at radius 2 is 2.05 bits per heavy atom. The maximum atomic E-state index is 13.4. The lowest BCUT2D eigenvalue weighted by atomic mass is 10.1. The van der Waals surface area contributed by atoms with Crippen LogP contribution in [0.4, 0.5) is 10.1 Å². The minimum Gasteiger partial charge on any atom is -0.258 e. The third-order valence-electron chi connectivity index (χ3n) is 2.17. The fraction of sp³-hybridized carbons (Fsp3) is 0.273. The number of rotatable bonds is 4. The average Bonchev–Trinajstić information content (AvgIpc) is 2.27. The van der Waals surface area contributed by atoms with Gasteiger partial charge in [0.1, 0.15) is 0 Å². The van der Waals surface area contributed by atoms with Gasteiger partial charge in [0, 0.05) is 0 Å². The van der Waals surface area contributed by atoms with Crippen molar-refractivity contribution in [2.24, 2.45) is 0 Å². The van der Waals surface area contributed by atoms with Gasteiger partial charge in [-0.25, -0.2) is 8.42 Å². The Balaban J connectivity index is 3.43. The fourth-order valence-electron chi connectivity index (χ4n) is 1.31. The van der Waals surface area contributed by atoms with Crippen LogP contribution in [-0.2, 0) is 10.0 Å². The maximum absolute atomic E-state index is 13.4. The average molecular weight is 286 g/mol. The molecule has 0 spiro atoms. The number of sulfonamides is 1. The van der Waals surface area contributed by atoms with Crippen LogP contribution in [0.2, 0.25) is 0 Å². The lowest BCUT2D eigenvalue weighted by molar-refractivity contribution is -0.390. The summed E-state index contributed by atoms with van der Waals surface area (Å²) < 4.78 is 39.5. The van der Waals surface area contributed by atoms with E-state index in [0.29, 0.717) is 0 Å². The van der Waals surface area contributed by atoms with Gasteiger partial charge in [0.25, 0.3) is 0 Å². The largest absolute Gasteiger partial charge is 0.324 e. The molecule has 0 aliphatic heterocycles. The predicted molar refractivity (Wildman–Crippen MR) is 66.3 cm³/mol. The summed E-state index contributed by atoms with van der Waals surface area (Å²) in [5, 5.41) is 10.8. The first-order valence-corrected chi connectivity index (χ1v) is 6.54. The number of nitro benzene ring substituents is 1. The smallest absolute Gasteiger partial charge is 0.258 e. The molecule has 0 atom stereocenters. The van der Waals surface area contributed by atoms with Crippen LogP contribution in [0.1, 0.15) is 13.8 Å². The van der Waals surface area contributed by atoms with E-state index >= 15 is 0 Å². The first kappa shape index (κ1) is 15.1. The maximum Gasteiger partial charge on any atom is 0.324 e. The number of nitro groups is 1. The van der Waals surface area contributed by atoms with Crippen molar-refractivity contribution in [1.82, 2.24) is 4.72 Å². The van der Waals surface area contributed by atoms with E-state index in [1.54, 1.807) is 0 Å². The van der Waals surface area contributed by atoms with Crippen molar-refractivity contribution in [3.05, 3.63) is 34.1 Å². The Bertz CT molecular complexity index is 662. The van der Waals surface area contributed by atoms with Gasteiger partial charge in [0.15, 0.2) is 4.90 Å². The minimum absolute atomic E-state index is 0.763. The van der Waals surface area contributed by atoms with E-state index in [9.17, 15) is 22.9 Å². The molecule has 1 aromatic rings. The molecule has 0 bridgehead atoms. The second-order valence-corrected chi connectivity index (χ2v) is 5.87. The Hall–Kier alpha value is -1.98. The van der Waals surface area contributed by atoms with Gasteiger partial charge in [0.05, 0.1) is 10.5 Å². The molecule has 0 fully saturated rings. The van der Waals surface area contributed by atoms with Crippen molar-refractivity contribution in [1.29, 1.82) is 0 Å². The van der Waals surface area contributed by atoms with Crippen LogP contribution in [0.25, 0.3) is 0 Å². The van der Waals surface area contributed by atoms with Gasteiger partial charge in [-0.05, 0) is 26.0 Å². The fourth-order valence-corrected chi connectivity index (χ4v) is 2.83. The molecule has 19 heavy (non-hydrogen) atoms. The highest BCUT2D eigenvalue weighted by Gasteiger charge is 2.32. The van der Waals surface area contributed by atoms with Crippen molar-refractivity contribution < 1.29 is 17.7 Å². The zero-order valence-electron chi connectivity index (χ0n) is 10.2. The predicted octanol–water partition coefficient (Wildman–Crippen LogP) is 1.42. The summed E-state index contributed by atoms with van der Waals surface area (Å²) in [6, 6.07) is 2.82. The molecule has 0 unspecified atom stereocenters. The molecule has 0 saturated carbocycles. The van der Waals surface area contributed by atoms with Crippen molar-refractivity contribution in [3.63, 3.8) is 0 Å². The van der Waals surface area contributed by atoms with E-state index in [1.165, 1.54) is 13.8 Å². The van der Waals surface area contributed by atoms with E-state index in [1.807, 2.05) is 0 Å². The van der Waals surface area contributed by atoms with Crippen LogP contribution in [-0.4, -0.2) is 18.9 Å². The first-order valence-electron chi connectivity index (χ1n) is 5.05. The topological polar surface area (TPSA) is 89.3 Å². The van der Waals surface area contributed by atoms with Crippen molar-refractivity contribution in [2.45, 2.75) is 24.3 Å². The Morgan fingerprint density at radius 1 is 1.47 bits per heavy atom. The Labute approximate surface area is 109 Å². The van der Waals surface area contributed by atoms with Gasteiger partial charge in [-0.1, -0.05) is 12.0 Å². The number of hydrogen-bond acceptors (Lipinski definition) is 4. The zero-order valence-corrected chi connectivity index (χ0v) is 11.0. The van der Waals surface area contributed by atoms with Crippen LogP contribution in [0.3, 0.4) is 0 Å². The lowest BCUT2D eigenvalue weighted by Crippen LogP contribution is -2.42. The van der Waals surface area contributed by atoms with E-state index in [4.69, 9.17) is 6.42 Å². The monoisotopic (exact) mass is 286 g/mol. The van der Waals surface area contributed by atoms with Crippen LogP contribution < -0.4 is 4.72 Å². The molecule has 102 valence electrons. The molecular weight excluding hydrogens is 275 g/mol. The summed E-state index contributed by atoms with van der Waals surface area (Å²) in [5.74, 6) is 0.946. The summed E-state index contributed by atoms with van der Waals surface area (Å²) >= 11 is 0.